The van der Waals surface area contributed by atoms with Crippen LogP contribution in [-0.4, -0.2) is 30.5 Å². The van der Waals surface area contributed by atoms with Crippen LogP contribution in [0, 0.1) is 5.92 Å². The van der Waals surface area contributed by atoms with Crippen LogP contribution in [0.4, 0.5) is 5.69 Å². The zero-order chi connectivity index (χ0) is 22.2. The molecule has 1 aliphatic carbocycles. The van der Waals surface area contributed by atoms with Crippen molar-refractivity contribution in [3.8, 4) is 0 Å². The lowest BCUT2D eigenvalue weighted by atomic mass is 9.81. The molecule has 2 heterocycles. The summed E-state index contributed by atoms with van der Waals surface area (Å²) >= 11 is 1.70. The molecule has 2 aromatic carbocycles. The van der Waals surface area contributed by atoms with Crippen LogP contribution in [0.2, 0.25) is 0 Å². The smallest absolute Gasteiger partial charge is 0.340 e. The van der Waals surface area contributed by atoms with E-state index in [0.29, 0.717) is 29.3 Å². The summed E-state index contributed by atoms with van der Waals surface area (Å²) in [6.07, 6.45) is 6.89. The summed E-state index contributed by atoms with van der Waals surface area (Å²) in [5, 5.41) is 1.15. The lowest BCUT2D eigenvalue weighted by molar-refractivity contribution is 0.0601. The standard InChI is InChI=1S/C26H28N2O3S/c1-3-16-8-10-18(11-9-16)24-27-21-14-20(26(30)31-2)22(15-23(21)32-24)28-13-12-17-6-4-5-7-19(17)25(28)29/h4-7,14-16,18H,3,8-13H2,1-2H3/t16-,18-. The van der Waals surface area contributed by atoms with Crippen molar-refractivity contribution < 1.29 is 14.3 Å². The van der Waals surface area contributed by atoms with E-state index in [1.165, 1.54) is 39.2 Å². The summed E-state index contributed by atoms with van der Waals surface area (Å²) in [6.45, 7) is 2.82. The second-order valence-electron chi connectivity index (χ2n) is 8.87. The molecule has 3 aromatic rings. The van der Waals surface area contributed by atoms with Gasteiger partial charge in [-0.3, -0.25) is 4.79 Å². The third-order valence-electron chi connectivity index (χ3n) is 7.09. The van der Waals surface area contributed by atoms with Gasteiger partial charge in [0, 0.05) is 18.0 Å². The molecule has 1 saturated carbocycles. The summed E-state index contributed by atoms with van der Waals surface area (Å²) in [5.41, 5.74) is 3.59. The van der Waals surface area contributed by atoms with E-state index in [1.807, 2.05) is 36.4 Å². The highest BCUT2D eigenvalue weighted by molar-refractivity contribution is 7.18. The number of amides is 1. The first kappa shape index (κ1) is 21.1. The molecular weight excluding hydrogens is 420 g/mol. The maximum Gasteiger partial charge on any atom is 0.340 e. The molecule has 166 valence electrons. The molecule has 0 unspecified atom stereocenters. The first-order chi connectivity index (χ1) is 15.6. The number of thiazole rings is 1. The van der Waals surface area contributed by atoms with Gasteiger partial charge in [-0.25, -0.2) is 9.78 Å². The Kier molecular flexibility index (Phi) is 5.72. The lowest BCUT2D eigenvalue weighted by Crippen LogP contribution is -2.38. The van der Waals surface area contributed by atoms with E-state index in [0.717, 1.165) is 33.1 Å². The van der Waals surface area contributed by atoms with E-state index >= 15 is 0 Å². The minimum absolute atomic E-state index is 0.0704. The molecule has 0 radical (unpaired) electrons. The van der Waals surface area contributed by atoms with Gasteiger partial charge in [-0.15, -0.1) is 11.3 Å². The molecule has 5 rings (SSSR count). The Morgan fingerprint density at radius 1 is 1.19 bits per heavy atom. The molecule has 1 aliphatic heterocycles. The van der Waals surface area contributed by atoms with Crippen LogP contribution < -0.4 is 4.90 Å². The van der Waals surface area contributed by atoms with Gasteiger partial charge < -0.3 is 9.64 Å². The normalized spacial score (nSPS) is 20.9. The molecule has 2 aliphatic rings. The molecule has 1 fully saturated rings. The molecule has 0 atom stereocenters. The monoisotopic (exact) mass is 448 g/mol. The first-order valence-corrected chi connectivity index (χ1v) is 12.3. The van der Waals surface area contributed by atoms with E-state index in [9.17, 15) is 9.59 Å². The van der Waals surface area contributed by atoms with Crippen molar-refractivity contribution in [3.63, 3.8) is 0 Å². The maximum atomic E-state index is 13.3. The minimum atomic E-state index is -0.438. The van der Waals surface area contributed by atoms with Gasteiger partial charge in [-0.05, 0) is 61.8 Å². The fourth-order valence-electron chi connectivity index (χ4n) is 5.13. The number of benzene rings is 2. The average Bonchev–Trinajstić information content (AvgIpc) is 3.26. The molecule has 32 heavy (non-hydrogen) atoms. The topological polar surface area (TPSA) is 59.5 Å². The lowest BCUT2D eigenvalue weighted by Gasteiger charge is -2.29. The van der Waals surface area contributed by atoms with Crippen molar-refractivity contribution in [1.29, 1.82) is 0 Å². The van der Waals surface area contributed by atoms with E-state index in [1.54, 1.807) is 16.2 Å². The second-order valence-corrected chi connectivity index (χ2v) is 9.93. The van der Waals surface area contributed by atoms with Crippen molar-refractivity contribution in [2.45, 2.75) is 51.4 Å². The number of ether oxygens (including phenoxy) is 1. The molecular formula is C26H28N2O3S. The van der Waals surface area contributed by atoms with Crippen molar-refractivity contribution in [2.75, 3.05) is 18.6 Å². The third kappa shape index (κ3) is 3.71. The van der Waals surface area contributed by atoms with E-state index in [2.05, 4.69) is 6.92 Å². The number of fused-ring (bicyclic) bond motifs is 2. The zero-order valence-corrected chi connectivity index (χ0v) is 19.4. The number of carbonyl (C=O) groups excluding carboxylic acids is 2. The van der Waals surface area contributed by atoms with Gasteiger partial charge in [0.25, 0.3) is 5.91 Å². The molecule has 6 heteroatoms. The van der Waals surface area contributed by atoms with Crippen molar-refractivity contribution in [2.24, 2.45) is 5.92 Å². The average molecular weight is 449 g/mol. The number of hydrogen-bond donors (Lipinski definition) is 0. The quantitative estimate of drug-likeness (QED) is 0.462. The SMILES string of the molecule is CC[C@H]1CC[C@H](c2nc3cc(C(=O)OC)c(N4CCc5ccccc5C4=O)cc3s2)CC1. The molecule has 0 bridgehead atoms. The van der Waals surface area contributed by atoms with E-state index < -0.39 is 5.97 Å². The largest absolute Gasteiger partial charge is 0.465 e. The Labute approximate surface area is 192 Å². The third-order valence-corrected chi connectivity index (χ3v) is 8.27. The van der Waals surface area contributed by atoms with Crippen molar-refractivity contribution in [3.05, 3.63) is 58.1 Å². The van der Waals surface area contributed by atoms with Crippen LogP contribution in [-0.2, 0) is 11.2 Å². The molecule has 0 spiro atoms. The van der Waals surface area contributed by atoms with Crippen LogP contribution in [0.15, 0.2) is 36.4 Å². The fraction of sp³-hybridized carbons (Fsp3) is 0.423. The van der Waals surface area contributed by atoms with Crippen molar-refractivity contribution in [1.82, 2.24) is 4.98 Å². The highest BCUT2D eigenvalue weighted by Gasteiger charge is 2.30. The highest BCUT2D eigenvalue weighted by atomic mass is 32.1. The summed E-state index contributed by atoms with van der Waals surface area (Å²) in [7, 11) is 1.38. The predicted molar refractivity (Wildman–Crippen MR) is 128 cm³/mol. The van der Waals surface area contributed by atoms with Crippen LogP contribution in [0.1, 0.15) is 76.2 Å². The van der Waals surface area contributed by atoms with Gasteiger partial charge >= 0.3 is 5.97 Å². The number of esters is 1. The number of nitrogens with zero attached hydrogens (tertiary/aromatic N) is 2. The number of carbonyl (C=O) groups is 2. The molecule has 1 aromatic heterocycles. The van der Waals surface area contributed by atoms with Crippen molar-refractivity contribution >= 4 is 39.1 Å². The number of anilines is 1. The van der Waals surface area contributed by atoms with E-state index in [-0.39, 0.29) is 5.91 Å². The van der Waals surface area contributed by atoms with Crippen LogP contribution in [0.25, 0.3) is 10.2 Å². The summed E-state index contributed by atoms with van der Waals surface area (Å²) in [6, 6.07) is 11.5. The number of hydrogen-bond acceptors (Lipinski definition) is 5. The molecule has 5 nitrogen and oxygen atoms in total. The maximum absolute atomic E-state index is 13.3. The predicted octanol–water partition coefficient (Wildman–Crippen LogP) is 5.97. The Balaban J connectivity index is 1.53. The second kappa shape index (κ2) is 8.66. The van der Waals surface area contributed by atoms with Gasteiger partial charge in [0.05, 0.1) is 33.6 Å². The zero-order valence-electron chi connectivity index (χ0n) is 18.6. The molecule has 0 N–H and O–H groups in total. The summed E-state index contributed by atoms with van der Waals surface area (Å²) < 4.78 is 6.09. The van der Waals surface area contributed by atoms with Crippen LogP contribution >= 0.6 is 11.3 Å². The summed E-state index contributed by atoms with van der Waals surface area (Å²) in [5.74, 6) is 0.820. The van der Waals surface area contributed by atoms with Gasteiger partial charge in [0.2, 0.25) is 0 Å². The number of aromatic nitrogens is 1. The molecule has 0 saturated heterocycles. The van der Waals surface area contributed by atoms with Crippen LogP contribution in [0.3, 0.4) is 0 Å². The highest BCUT2D eigenvalue weighted by Crippen LogP contribution is 2.41. The molecule has 1 amide bonds. The van der Waals surface area contributed by atoms with E-state index in [4.69, 9.17) is 9.72 Å². The first-order valence-electron chi connectivity index (χ1n) is 11.5. The Morgan fingerprint density at radius 2 is 1.97 bits per heavy atom. The van der Waals surface area contributed by atoms with Gasteiger partial charge in [-0.2, -0.15) is 0 Å². The Hall–Kier alpha value is -2.73. The van der Waals surface area contributed by atoms with Gasteiger partial charge in [-0.1, -0.05) is 31.5 Å². The van der Waals surface area contributed by atoms with Crippen LogP contribution in [0.5, 0.6) is 0 Å². The Bertz CT molecular complexity index is 1180. The van der Waals surface area contributed by atoms with Gasteiger partial charge in [0.1, 0.15) is 0 Å². The number of rotatable bonds is 4. The minimum Gasteiger partial charge on any atom is -0.465 e. The number of methoxy groups -OCH3 is 1. The fourth-order valence-corrected chi connectivity index (χ4v) is 6.28. The van der Waals surface area contributed by atoms with Gasteiger partial charge in [0.15, 0.2) is 0 Å². The Morgan fingerprint density at radius 3 is 2.72 bits per heavy atom. The summed E-state index contributed by atoms with van der Waals surface area (Å²) in [4.78, 5) is 32.6.